The molecule has 1 aromatic heterocycles. The molecule has 0 fully saturated rings. The van der Waals surface area contributed by atoms with Crippen molar-refractivity contribution in [3.8, 4) is 11.3 Å². The van der Waals surface area contributed by atoms with E-state index in [2.05, 4.69) is 15.3 Å². The van der Waals surface area contributed by atoms with Crippen LogP contribution in [0.2, 0.25) is 0 Å². The molecule has 0 aliphatic carbocycles. The highest BCUT2D eigenvalue weighted by atomic mass is 16.1. The van der Waals surface area contributed by atoms with Crippen molar-refractivity contribution < 1.29 is 4.79 Å². The number of hydrogen-bond donors (Lipinski definition) is 1. The lowest BCUT2D eigenvalue weighted by molar-refractivity contribution is 0.102. The van der Waals surface area contributed by atoms with E-state index in [1.807, 2.05) is 60.7 Å². The molecule has 102 valence electrons. The number of anilines is 1. The molecule has 0 aliphatic heterocycles. The summed E-state index contributed by atoms with van der Waals surface area (Å²) in [7, 11) is 0. The van der Waals surface area contributed by atoms with Gasteiger partial charge in [0.05, 0.1) is 0 Å². The molecule has 0 saturated carbocycles. The number of carbonyl (C=O) groups is 1. The summed E-state index contributed by atoms with van der Waals surface area (Å²) in [4.78, 5) is 20.9. The Morgan fingerprint density at radius 2 is 1.43 bits per heavy atom. The lowest BCUT2D eigenvalue weighted by Crippen LogP contribution is -2.15. The van der Waals surface area contributed by atoms with Crippen LogP contribution in [0.4, 0.5) is 5.69 Å². The minimum atomic E-state index is -0.270. The van der Waals surface area contributed by atoms with Gasteiger partial charge < -0.3 is 5.32 Å². The zero-order valence-electron chi connectivity index (χ0n) is 11.2. The van der Waals surface area contributed by atoms with Crippen molar-refractivity contribution >= 4 is 11.6 Å². The molecule has 0 bridgehead atoms. The summed E-state index contributed by atoms with van der Waals surface area (Å²) >= 11 is 0. The number of carbonyl (C=O) groups excluding carboxylic acids is 1. The van der Waals surface area contributed by atoms with Gasteiger partial charge in [-0.05, 0) is 12.1 Å². The molecule has 1 N–H and O–H groups in total. The van der Waals surface area contributed by atoms with Crippen LogP contribution in [0.5, 0.6) is 0 Å². The summed E-state index contributed by atoms with van der Waals surface area (Å²) in [6.45, 7) is 0. The summed E-state index contributed by atoms with van der Waals surface area (Å²) in [6.07, 6.45) is 3.11. The van der Waals surface area contributed by atoms with E-state index in [-0.39, 0.29) is 5.91 Å². The van der Waals surface area contributed by atoms with Crippen LogP contribution < -0.4 is 5.32 Å². The molecule has 0 atom stereocenters. The molecule has 1 heterocycles. The molecule has 1 amide bonds. The van der Waals surface area contributed by atoms with Gasteiger partial charge in [0.2, 0.25) is 0 Å². The first kappa shape index (κ1) is 13.0. The highest BCUT2D eigenvalue weighted by molar-refractivity contribution is 6.06. The van der Waals surface area contributed by atoms with Crippen LogP contribution in [0.25, 0.3) is 11.3 Å². The fraction of sp³-hybridized carbons (Fsp3) is 0. The van der Waals surface area contributed by atoms with Crippen LogP contribution >= 0.6 is 0 Å². The Morgan fingerprint density at radius 1 is 0.810 bits per heavy atom. The van der Waals surface area contributed by atoms with Crippen LogP contribution in [-0.2, 0) is 0 Å². The first-order chi connectivity index (χ1) is 10.3. The first-order valence-corrected chi connectivity index (χ1v) is 6.57. The number of nitrogens with zero attached hydrogens (tertiary/aromatic N) is 2. The molecule has 4 nitrogen and oxygen atoms in total. The molecule has 3 aromatic rings. The number of hydrogen-bond acceptors (Lipinski definition) is 3. The molecule has 0 aliphatic rings. The molecule has 0 unspecified atom stereocenters. The van der Waals surface area contributed by atoms with Crippen LogP contribution in [-0.4, -0.2) is 15.9 Å². The van der Waals surface area contributed by atoms with Gasteiger partial charge in [0.1, 0.15) is 5.69 Å². The number of para-hydroxylation sites is 1. The van der Waals surface area contributed by atoms with Crippen molar-refractivity contribution in [1.29, 1.82) is 0 Å². The van der Waals surface area contributed by atoms with Gasteiger partial charge >= 0.3 is 0 Å². The van der Waals surface area contributed by atoms with E-state index in [0.717, 1.165) is 11.3 Å². The SMILES string of the molecule is O=C(Nc1ccccc1)c1nccnc1-c1ccccc1. The number of aromatic nitrogens is 2. The van der Waals surface area contributed by atoms with E-state index in [1.54, 1.807) is 6.20 Å². The lowest BCUT2D eigenvalue weighted by Gasteiger charge is -2.08. The number of benzene rings is 2. The minimum Gasteiger partial charge on any atom is -0.321 e. The normalized spacial score (nSPS) is 10.1. The van der Waals surface area contributed by atoms with Crippen LogP contribution in [0.15, 0.2) is 73.1 Å². The Kier molecular flexibility index (Phi) is 3.69. The highest BCUT2D eigenvalue weighted by Gasteiger charge is 2.15. The van der Waals surface area contributed by atoms with Crippen molar-refractivity contribution in [2.75, 3.05) is 5.32 Å². The van der Waals surface area contributed by atoms with Gasteiger partial charge in [-0.25, -0.2) is 4.98 Å². The topological polar surface area (TPSA) is 54.9 Å². The quantitative estimate of drug-likeness (QED) is 0.797. The largest absolute Gasteiger partial charge is 0.321 e. The van der Waals surface area contributed by atoms with Crippen molar-refractivity contribution in [2.24, 2.45) is 0 Å². The third kappa shape index (κ3) is 2.95. The van der Waals surface area contributed by atoms with Gasteiger partial charge in [-0.15, -0.1) is 0 Å². The molecule has 4 heteroatoms. The fourth-order valence-electron chi connectivity index (χ4n) is 2.02. The number of amides is 1. The third-order valence-corrected chi connectivity index (χ3v) is 2.99. The standard InChI is InChI=1S/C17H13N3O/c21-17(20-14-9-5-2-6-10-14)16-15(18-11-12-19-16)13-7-3-1-4-8-13/h1-12H,(H,20,21). The first-order valence-electron chi connectivity index (χ1n) is 6.57. The van der Waals surface area contributed by atoms with E-state index < -0.39 is 0 Å². The van der Waals surface area contributed by atoms with E-state index >= 15 is 0 Å². The maximum atomic E-state index is 12.4. The second-order valence-corrected chi connectivity index (χ2v) is 4.44. The smallest absolute Gasteiger partial charge is 0.276 e. The predicted octanol–water partition coefficient (Wildman–Crippen LogP) is 3.40. The Morgan fingerprint density at radius 3 is 2.14 bits per heavy atom. The molecule has 0 saturated heterocycles. The zero-order valence-corrected chi connectivity index (χ0v) is 11.2. The lowest BCUT2D eigenvalue weighted by atomic mass is 10.1. The molecule has 0 spiro atoms. The molecular weight excluding hydrogens is 262 g/mol. The van der Waals surface area contributed by atoms with Crippen LogP contribution in [0.1, 0.15) is 10.5 Å². The van der Waals surface area contributed by atoms with Crippen LogP contribution in [0.3, 0.4) is 0 Å². The van der Waals surface area contributed by atoms with E-state index in [4.69, 9.17) is 0 Å². The summed E-state index contributed by atoms with van der Waals surface area (Å²) in [6, 6.07) is 18.8. The molecule has 21 heavy (non-hydrogen) atoms. The van der Waals surface area contributed by atoms with Gasteiger partial charge in [-0.3, -0.25) is 9.78 Å². The molecule has 3 rings (SSSR count). The van der Waals surface area contributed by atoms with Crippen LogP contribution in [0, 0.1) is 0 Å². The van der Waals surface area contributed by atoms with Gasteiger partial charge in [-0.2, -0.15) is 0 Å². The molecule has 2 aromatic carbocycles. The van der Waals surface area contributed by atoms with E-state index in [1.165, 1.54) is 6.20 Å². The predicted molar refractivity (Wildman–Crippen MR) is 81.9 cm³/mol. The van der Waals surface area contributed by atoms with E-state index in [9.17, 15) is 4.79 Å². The fourth-order valence-corrected chi connectivity index (χ4v) is 2.02. The van der Waals surface area contributed by atoms with Crippen molar-refractivity contribution in [3.05, 3.63) is 78.8 Å². The van der Waals surface area contributed by atoms with Crippen molar-refractivity contribution in [1.82, 2.24) is 9.97 Å². The molecule has 0 radical (unpaired) electrons. The number of nitrogens with one attached hydrogen (secondary N) is 1. The zero-order chi connectivity index (χ0) is 14.5. The van der Waals surface area contributed by atoms with Crippen molar-refractivity contribution in [3.63, 3.8) is 0 Å². The minimum absolute atomic E-state index is 0.270. The highest BCUT2D eigenvalue weighted by Crippen LogP contribution is 2.20. The Hall–Kier alpha value is -3.01. The summed E-state index contributed by atoms with van der Waals surface area (Å²) < 4.78 is 0. The van der Waals surface area contributed by atoms with Gasteiger partial charge in [0.25, 0.3) is 5.91 Å². The van der Waals surface area contributed by atoms with Gasteiger partial charge in [-0.1, -0.05) is 48.5 Å². The average Bonchev–Trinajstić information content (AvgIpc) is 2.56. The van der Waals surface area contributed by atoms with Gasteiger partial charge in [0, 0.05) is 23.6 Å². The summed E-state index contributed by atoms with van der Waals surface area (Å²) in [5.74, 6) is -0.270. The second kappa shape index (κ2) is 5.96. The summed E-state index contributed by atoms with van der Waals surface area (Å²) in [5, 5.41) is 2.83. The summed E-state index contributed by atoms with van der Waals surface area (Å²) in [5.41, 5.74) is 2.48. The third-order valence-electron chi connectivity index (χ3n) is 2.99. The Balaban J connectivity index is 1.94. The maximum Gasteiger partial charge on any atom is 0.276 e. The maximum absolute atomic E-state index is 12.4. The van der Waals surface area contributed by atoms with Crippen molar-refractivity contribution in [2.45, 2.75) is 0 Å². The second-order valence-electron chi connectivity index (χ2n) is 4.44. The Labute approximate surface area is 122 Å². The monoisotopic (exact) mass is 275 g/mol. The average molecular weight is 275 g/mol. The number of rotatable bonds is 3. The van der Waals surface area contributed by atoms with E-state index in [0.29, 0.717) is 11.4 Å². The molecular formula is C17H13N3O. The van der Waals surface area contributed by atoms with Gasteiger partial charge in [0.15, 0.2) is 5.69 Å². The Bertz CT molecular complexity index is 742.